The van der Waals surface area contributed by atoms with E-state index < -0.39 is 5.97 Å². The van der Waals surface area contributed by atoms with Crippen LogP contribution in [0.25, 0.3) is 0 Å². The predicted molar refractivity (Wildman–Crippen MR) is 64.4 cm³/mol. The SMILES string of the molecule is CC1(C)COCCN1Cc1csc(C(=O)O)n1. The van der Waals surface area contributed by atoms with Crippen molar-refractivity contribution in [1.82, 2.24) is 9.88 Å². The van der Waals surface area contributed by atoms with E-state index in [0.29, 0.717) is 13.2 Å². The van der Waals surface area contributed by atoms with Crippen LogP contribution in [0.15, 0.2) is 5.38 Å². The van der Waals surface area contributed by atoms with E-state index in [9.17, 15) is 4.79 Å². The van der Waals surface area contributed by atoms with Crippen molar-refractivity contribution >= 4 is 17.3 Å². The molecular formula is C11H16N2O3S. The van der Waals surface area contributed by atoms with Crippen molar-refractivity contribution in [3.05, 3.63) is 16.1 Å². The maximum Gasteiger partial charge on any atom is 0.365 e. The summed E-state index contributed by atoms with van der Waals surface area (Å²) in [5.74, 6) is -0.956. The molecule has 0 bridgehead atoms. The molecule has 1 N–H and O–H groups in total. The molecule has 0 saturated carbocycles. The summed E-state index contributed by atoms with van der Waals surface area (Å²) in [5.41, 5.74) is 0.799. The molecule has 2 rings (SSSR count). The molecule has 1 aromatic rings. The first-order valence-corrected chi connectivity index (χ1v) is 6.37. The van der Waals surface area contributed by atoms with Crippen molar-refractivity contribution in [3.63, 3.8) is 0 Å². The highest BCUT2D eigenvalue weighted by Crippen LogP contribution is 2.22. The predicted octanol–water partition coefficient (Wildman–Crippen LogP) is 1.45. The summed E-state index contributed by atoms with van der Waals surface area (Å²) in [6, 6.07) is 0. The van der Waals surface area contributed by atoms with E-state index in [4.69, 9.17) is 9.84 Å². The van der Waals surface area contributed by atoms with E-state index in [-0.39, 0.29) is 10.5 Å². The van der Waals surface area contributed by atoms with Gasteiger partial charge in [-0.3, -0.25) is 4.90 Å². The van der Waals surface area contributed by atoms with Crippen molar-refractivity contribution in [3.8, 4) is 0 Å². The fourth-order valence-corrected chi connectivity index (χ4v) is 2.50. The number of thiazole rings is 1. The quantitative estimate of drug-likeness (QED) is 0.887. The second kappa shape index (κ2) is 4.72. The molecule has 2 heterocycles. The summed E-state index contributed by atoms with van der Waals surface area (Å²) < 4.78 is 5.44. The van der Waals surface area contributed by atoms with E-state index in [1.807, 2.05) is 5.38 Å². The summed E-state index contributed by atoms with van der Waals surface area (Å²) >= 11 is 1.18. The molecule has 0 aliphatic carbocycles. The Morgan fingerprint density at radius 3 is 3.06 bits per heavy atom. The van der Waals surface area contributed by atoms with Gasteiger partial charge in [0.25, 0.3) is 0 Å². The van der Waals surface area contributed by atoms with Crippen LogP contribution >= 0.6 is 11.3 Å². The Kier molecular flexibility index (Phi) is 3.46. The maximum absolute atomic E-state index is 10.7. The molecule has 0 unspecified atom stereocenters. The van der Waals surface area contributed by atoms with Crippen molar-refractivity contribution in [2.45, 2.75) is 25.9 Å². The Morgan fingerprint density at radius 2 is 2.47 bits per heavy atom. The van der Waals surface area contributed by atoms with Gasteiger partial charge in [0.1, 0.15) is 0 Å². The van der Waals surface area contributed by atoms with Gasteiger partial charge < -0.3 is 9.84 Å². The Bertz CT molecular complexity index is 417. The second-order valence-electron chi connectivity index (χ2n) is 4.74. The molecule has 1 fully saturated rings. The van der Waals surface area contributed by atoms with Gasteiger partial charge in [-0.05, 0) is 13.8 Å². The number of carboxylic acids is 1. The van der Waals surface area contributed by atoms with Gasteiger partial charge in [-0.2, -0.15) is 0 Å². The molecule has 1 aliphatic rings. The number of aromatic nitrogens is 1. The number of hydrogen-bond acceptors (Lipinski definition) is 5. The minimum atomic E-state index is -0.956. The lowest BCUT2D eigenvalue weighted by atomic mass is 10.0. The van der Waals surface area contributed by atoms with Gasteiger partial charge in [0, 0.05) is 24.0 Å². The third-order valence-electron chi connectivity index (χ3n) is 2.90. The number of morpholine rings is 1. The molecule has 0 atom stereocenters. The number of rotatable bonds is 3. The van der Waals surface area contributed by atoms with Gasteiger partial charge in [-0.1, -0.05) is 0 Å². The molecule has 0 spiro atoms. The van der Waals surface area contributed by atoms with E-state index in [1.165, 1.54) is 11.3 Å². The Morgan fingerprint density at radius 1 is 1.71 bits per heavy atom. The molecule has 5 nitrogen and oxygen atoms in total. The number of hydrogen-bond donors (Lipinski definition) is 1. The monoisotopic (exact) mass is 256 g/mol. The van der Waals surface area contributed by atoms with Gasteiger partial charge >= 0.3 is 5.97 Å². The summed E-state index contributed by atoms with van der Waals surface area (Å²) in [4.78, 5) is 17.1. The number of aromatic carboxylic acids is 1. The van der Waals surface area contributed by atoms with Crippen molar-refractivity contribution < 1.29 is 14.6 Å². The minimum absolute atomic E-state index is 0.0226. The van der Waals surface area contributed by atoms with E-state index in [0.717, 1.165) is 18.8 Å². The lowest BCUT2D eigenvalue weighted by Gasteiger charge is -2.41. The van der Waals surface area contributed by atoms with Crippen LogP contribution in [0.4, 0.5) is 0 Å². The molecule has 0 aromatic carbocycles. The van der Waals surface area contributed by atoms with E-state index in [2.05, 4.69) is 23.7 Å². The lowest BCUT2D eigenvalue weighted by molar-refractivity contribution is -0.0557. The van der Waals surface area contributed by atoms with Crippen molar-refractivity contribution in [2.24, 2.45) is 0 Å². The highest BCUT2D eigenvalue weighted by Gasteiger charge is 2.30. The second-order valence-corrected chi connectivity index (χ2v) is 5.59. The molecule has 6 heteroatoms. The lowest BCUT2D eigenvalue weighted by Crippen LogP contribution is -2.52. The third-order valence-corrected chi connectivity index (χ3v) is 3.78. The zero-order valence-corrected chi connectivity index (χ0v) is 10.8. The van der Waals surface area contributed by atoms with Crippen LogP contribution in [0.5, 0.6) is 0 Å². The van der Waals surface area contributed by atoms with Gasteiger partial charge in [-0.15, -0.1) is 11.3 Å². The van der Waals surface area contributed by atoms with Crippen LogP contribution < -0.4 is 0 Å². The van der Waals surface area contributed by atoms with Crippen LogP contribution in [0.1, 0.15) is 29.3 Å². The van der Waals surface area contributed by atoms with Crippen LogP contribution in [0, 0.1) is 0 Å². The zero-order valence-electron chi connectivity index (χ0n) is 9.97. The average molecular weight is 256 g/mol. The highest BCUT2D eigenvalue weighted by atomic mass is 32.1. The van der Waals surface area contributed by atoms with Crippen LogP contribution in [-0.2, 0) is 11.3 Å². The minimum Gasteiger partial charge on any atom is -0.476 e. The first-order valence-electron chi connectivity index (χ1n) is 5.49. The van der Waals surface area contributed by atoms with Crippen LogP contribution in [-0.4, -0.2) is 46.3 Å². The van der Waals surface area contributed by atoms with Gasteiger partial charge in [0.15, 0.2) is 0 Å². The third kappa shape index (κ3) is 2.83. The first kappa shape index (κ1) is 12.5. The standard InChI is InChI=1S/C11H16N2O3S/c1-11(2)7-16-4-3-13(11)5-8-6-17-9(12-8)10(14)15/h6H,3-5,7H2,1-2H3,(H,14,15). The first-order chi connectivity index (χ1) is 7.99. The normalized spacial score (nSPS) is 20.4. The number of carbonyl (C=O) groups is 1. The van der Waals surface area contributed by atoms with E-state index in [1.54, 1.807) is 0 Å². The number of ether oxygens (including phenoxy) is 1. The molecule has 17 heavy (non-hydrogen) atoms. The van der Waals surface area contributed by atoms with Gasteiger partial charge in [0.05, 0.1) is 18.9 Å². The summed E-state index contributed by atoms with van der Waals surface area (Å²) in [6.45, 7) is 7.20. The molecular weight excluding hydrogens is 240 g/mol. The Labute approximate surface area is 104 Å². The highest BCUT2D eigenvalue weighted by molar-refractivity contribution is 7.11. The molecule has 0 amide bonds. The van der Waals surface area contributed by atoms with Crippen molar-refractivity contribution in [1.29, 1.82) is 0 Å². The Hall–Kier alpha value is -0.980. The fourth-order valence-electron chi connectivity index (χ4n) is 1.86. The van der Waals surface area contributed by atoms with Gasteiger partial charge in [-0.25, -0.2) is 9.78 Å². The summed E-state index contributed by atoms with van der Waals surface area (Å²) in [7, 11) is 0. The maximum atomic E-state index is 10.7. The number of carboxylic acid groups (broad SMARTS) is 1. The van der Waals surface area contributed by atoms with Crippen LogP contribution in [0.3, 0.4) is 0 Å². The zero-order chi connectivity index (χ0) is 12.5. The van der Waals surface area contributed by atoms with Gasteiger partial charge in [0.2, 0.25) is 5.01 Å². The fraction of sp³-hybridized carbons (Fsp3) is 0.636. The smallest absolute Gasteiger partial charge is 0.365 e. The Balaban J connectivity index is 2.06. The van der Waals surface area contributed by atoms with Crippen LogP contribution in [0.2, 0.25) is 0 Å². The topological polar surface area (TPSA) is 62.7 Å². The number of nitrogens with zero attached hydrogens (tertiary/aromatic N) is 2. The molecule has 0 radical (unpaired) electrons. The molecule has 1 saturated heterocycles. The summed E-state index contributed by atoms with van der Waals surface area (Å²) in [6.07, 6.45) is 0. The largest absolute Gasteiger partial charge is 0.476 e. The average Bonchev–Trinajstić information content (AvgIpc) is 2.70. The van der Waals surface area contributed by atoms with Crippen molar-refractivity contribution in [2.75, 3.05) is 19.8 Å². The summed E-state index contributed by atoms with van der Waals surface area (Å²) in [5, 5.41) is 10.8. The molecule has 94 valence electrons. The molecule has 1 aliphatic heterocycles. The molecule has 1 aromatic heterocycles. The van der Waals surface area contributed by atoms with E-state index >= 15 is 0 Å².